The molecule has 0 unspecified atom stereocenters. The highest BCUT2D eigenvalue weighted by atomic mass is 35.5. The van der Waals surface area contributed by atoms with Crippen molar-refractivity contribution < 1.29 is 12.8 Å². The minimum absolute atomic E-state index is 0.155. The predicted molar refractivity (Wildman–Crippen MR) is 92.3 cm³/mol. The number of hydrogen-bond donors (Lipinski definition) is 2. The summed E-state index contributed by atoms with van der Waals surface area (Å²) in [5.41, 5.74) is 0.383. The van der Waals surface area contributed by atoms with Crippen molar-refractivity contribution in [2.24, 2.45) is 0 Å². The van der Waals surface area contributed by atoms with Crippen molar-refractivity contribution in [3.05, 3.63) is 34.5 Å². The molecule has 126 valence electrons. The number of rotatable bonds is 8. The monoisotopic (exact) mass is 377 g/mol. The highest BCUT2D eigenvalue weighted by Crippen LogP contribution is 2.29. The quantitative estimate of drug-likeness (QED) is 0.671. The predicted octanol–water partition coefficient (Wildman–Crippen LogP) is 4.34. The average Bonchev–Trinajstić information content (AvgIpc) is 2.98. The van der Waals surface area contributed by atoms with E-state index in [1.165, 1.54) is 6.20 Å². The first kappa shape index (κ1) is 18.0. The van der Waals surface area contributed by atoms with Gasteiger partial charge in [-0.1, -0.05) is 31.4 Å². The summed E-state index contributed by atoms with van der Waals surface area (Å²) in [7, 11) is -4.07. The van der Waals surface area contributed by atoms with Crippen LogP contribution in [0.4, 0.5) is 15.2 Å². The molecular weight excluding hydrogens is 361 g/mol. The number of nitrogens with one attached hydrogen (secondary N) is 2. The Hall–Kier alpha value is -1.38. The smallest absolute Gasteiger partial charge is 0.266 e. The van der Waals surface area contributed by atoms with Crippen molar-refractivity contribution >= 4 is 43.8 Å². The highest BCUT2D eigenvalue weighted by molar-refractivity contribution is 7.93. The summed E-state index contributed by atoms with van der Waals surface area (Å²) >= 11 is 7.17. The summed E-state index contributed by atoms with van der Waals surface area (Å²) in [6.07, 6.45) is 4.51. The van der Waals surface area contributed by atoms with Crippen LogP contribution < -0.4 is 10.0 Å². The van der Waals surface area contributed by atoms with Crippen LogP contribution in [-0.2, 0) is 10.0 Å². The number of aromatic nitrogens is 1. The Labute approximate surface area is 144 Å². The standard InChI is InChI=1S/C14H17ClFN3O2S2/c1-2-3-4-5-17-12-9-11(16)13(8-10(12)15)23(20,21)19-14-18-6-7-22-14/h6-9,17H,2-5H2,1H3,(H,18,19). The zero-order valence-corrected chi connectivity index (χ0v) is 14.9. The van der Waals surface area contributed by atoms with Gasteiger partial charge in [0.05, 0.1) is 10.7 Å². The molecule has 0 bridgehead atoms. The van der Waals surface area contributed by atoms with Crippen LogP contribution in [0.25, 0.3) is 0 Å². The first-order valence-electron chi connectivity index (χ1n) is 7.09. The van der Waals surface area contributed by atoms with E-state index in [-0.39, 0.29) is 10.2 Å². The van der Waals surface area contributed by atoms with Crippen molar-refractivity contribution in [3.63, 3.8) is 0 Å². The van der Waals surface area contributed by atoms with Crippen molar-refractivity contribution in [2.75, 3.05) is 16.6 Å². The largest absolute Gasteiger partial charge is 0.384 e. The maximum absolute atomic E-state index is 14.2. The summed E-state index contributed by atoms with van der Waals surface area (Å²) < 4.78 is 40.9. The summed E-state index contributed by atoms with van der Waals surface area (Å²) in [4.78, 5) is 3.31. The Balaban J connectivity index is 2.18. The van der Waals surface area contributed by atoms with Crippen LogP contribution in [0.15, 0.2) is 28.6 Å². The lowest BCUT2D eigenvalue weighted by Gasteiger charge is -2.12. The second-order valence-electron chi connectivity index (χ2n) is 4.84. The van der Waals surface area contributed by atoms with Crippen LogP contribution in [0.1, 0.15) is 26.2 Å². The van der Waals surface area contributed by atoms with Crippen LogP contribution in [-0.4, -0.2) is 19.9 Å². The molecule has 2 rings (SSSR count). The molecule has 1 heterocycles. The lowest BCUT2D eigenvalue weighted by Crippen LogP contribution is -2.15. The second kappa shape index (κ2) is 7.94. The highest BCUT2D eigenvalue weighted by Gasteiger charge is 2.22. The Kier molecular flexibility index (Phi) is 6.20. The number of nitrogens with zero attached hydrogens (tertiary/aromatic N) is 1. The molecule has 0 saturated carbocycles. The van der Waals surface area contributed by atoms with Gasteiger partial charge < -0.3 is 5.32 Å². The molecule has 0 amide bonds. The number of unbranched alkanes of at least 4 members (excludes halogenated alkanes) is 2. The summed E-state index contributed by atoms with van der Waals surface area (Å²) in [6.45, 7) is 2.73. The number of hydrogen-bond acceptors (Lipinski definition) is 5. The summed E-state index contributed by atoms with van der Waals surface area (Å²) in [5, 5.41) is 4.95. The molecule has 0 aliphatic rings. The Morgan fingerprint density at radius 3 is 2.78 bits per heavy atom. The zero-order chi connectivity index (χ0) is 16.9. The van der Waals surface area contributed by atoms with E-state index in [9.17, 15) is 12.8 Å². The van der Waals surface area contributed by atoms with Gasteiger partial charge >= 0.3 is 0 Å². The van der Waals surface area contributed by atoms with Crippen LogP contribution >= 0.6 is 22.9 Å². The molecule has 0 spiro atoms. The normalized spacial score (nSPS) is 11.4. The van der Waals surface area contributed by atoms with E-state index in [1.807, 2.05) is 0 Å². The SMILES string of the molecule is CCCCCNc1cc(F)c(S(=O)(=O)Nc2nccs2)cc1Cl. The molecule has 0 radical (unpaired) electrons. The molecule has 0 atom stereocenters. The second-order valence-corrected chi connectivity index (χ2v) is 7.79. The van der Waals surface area contributed by atoms with Gasteiger partial charge in [0.1, 0.15) is 10.7 Å². The average molecular weight is 378 g/mol. The number of benzene rings is 1. The van der Waals surface area contributed by atoms with Crippen molar-refractivity contribution in [2.45, 2.75) is 31.1 Å². The van der Waals surface area contributed by atoms with Crippen LogP contribution in [0.5, 0.6) is 0 Å². The van der Waals surface area contributed by atoms with E-state index in [0.717, 1.165) is 42.7 Å². The number of sulfonamides is 1. The molecule has 2 N–H and O–H groups in total. The number of thiazole rings is 1. The van der Waals surface area contributed by atoms with Gasteiger partial charge in [-0.3, -0.25) is 4.72 Å². The number of halogens is 2. The van der Waals surface area contributed by atoms with Gasteiger partial charge in [-0.25, -0.2) is 17.8 Å². The fourth-order valence-electron chi connectivity index (χ4n) is 1.91. The number of anilines is 2. The minimum atomic E-state index is -4.07. The molecule has 9 heteroatoms. The van der Waals surface area contributed by atoms with Crippen LogP contribution in [0.2, 0.25) is 5.02 Å². The maximum atomic E-state index is 14.2. The van der Waals surface area contributed by atoms with Crippen LogP contribution in [0.3, 0.4) is 0 Å². The third kappa shape index (κ3) is 4.79. The van der Waals surface area contributed by atoms with E-state index in [1.54, 1.807) is 5.38 Å². The van der Waals surface area contributed by atoms with E-state index < -0.39 is 20.7 Å². The van der Waals surface area contributed by atoms with Crippen LogP contribution in [0, 0.1) is 5.82 Å². The third-order valence-corrected chi connectivity index (χ3v) is 5.55. The van der Waals surface area contributed by atoms with E-state index in [2.05, 4.69) is 21.9 Å². The first-order chi connectivity index (χ1) is 10.9. The van der Waals surface area contributed by atoms with Gasteiger partial charge in [-0.2, -0.15) is 0 Å². The summed E-state index contributed by atoms with van der Waals surface area (Å²) in [6, 6.07) is 2.21. The third-order valence-electron chi connectivity index (χ3n) is 3.06. The fourth-order valence-corrected chi connectivity index (χ4v) is 4.08. The Morgan fingerprint density at radius 2 is 2.13 bits per heavy atom. The van der Waals surface area contributed by atoms with Gasteiger partial charge in [-0.05, 0) is 18.6 Å². The fraction of sp³-hybridized carbons (Fsp3) is 0.357. The molecule has 1 aromatic carbocycles. The zero-order valence-electron chi connectivity index (χ0n) is 12.5. The van der Waals surface area contributed by atoms with Crippen molar-refractivity contribution in [3.8, 4) is 0 Å². The molecule has 0 aliphatic heterocycles. The van der Waals surface area contributed by atoms with Gasteiger partial charge in [0.2, 0.25) is 0 Å². The van der Waals surface area contributed by atoms with Gasteiger partial charge in [0.25, 0.3) is 10.0 Å². The lowest BCUT2D eigenvalue weighted by molar-refractivity contribution is 0.570. The van der Waals surface area contributed by atoms with Gasteiger partial charge in [0, 0.05) is 18.1 Å². The van der Waals surface area contributed by atoms with Crippen molar-refractivity contribution in [1.82, 2.24) is 4.98 Å². The van der Waals surface area contributed by atoms with E-state index in [0.29, 0.717) is 12.2 Å². The Bertz CT molecular complexity index is 752. The Morgan fingerprint density at radius 1 is 1.35 bits per heavy atom. The topological polar surface area (TPSA) is 71.1 Å². The van der Waals surface area contributed by atoms with Crippen molar-refractivity contribution in [1.29, 1.82) is 0 Å². The summed E-state index contributed by atoms with van der Waals surface area (Å²) in [5.74, 6) is -0.864. The molecule has 0 aliphatic carbocycles. The van der Waals surface area contributed by atoms with E-state index >= 15 is 0 Å². The molecular formula is C14H17ClFN3O2S2. The maximum Gasteiger partial charge on any atom is 0.266 e. The molecule has 0 saturated heterocycles. The minimum Gasteiger partial charge on any atom is -0.384 e. The molecule has 23 heavy (non-hydrogen) atoms. The molecule has 5 nitrogen and oxygen atoms in total. The lowest BCUT2D eigenvalue weighted by atomic mass is 10.2. The molecule has 0 fully saturated rings. The van der Waals surface area contributed by atoms with Gasteiger partial charge in [-0.15, -0.1) is 11.3 Å². The molecule has 1 aromatic heterocycles. The molecule has 2 aromatic rings. The van der Waals surface area contributed by atoms with Gasteiger partial charge in [0.15, 0.2) is 5.13 Å². The van der Waals surface area contributed by atoms with E-state index in [4.69, 9.17) is 11.6 Å². The first-order valence-corrected chi connectivity index (χ1v) is 9.83.